The summed E-state index contributed by atoms with van der Waals surface area (Å²) in [7, 11) is 0. The highest BCUT2D eigenvalue weighted by Crippen LogP contribution is 2.48. The molecule has 0 aliphatic heterocycles. The minimum Gasteiger partial charge on any atom is -0.375 e. The van der Waals surface area contributed by atoms with E-state index in [4.69, 9.17) is 10.1 Å². The summed E-state index contributed by atoms with van der Waals surface area (Å²) in [6.45, 7) is 12.9. The van der Waals surface area contributed by atoms with Gasteiger partial charge in [-0.05, 0) is 57.0 Å². The minimum atomic E-state index is -0.0382. The van der Waals surface area contributed by atoms with Crippen LogP contribution in [0.4, 0.5) is 0 Å². The molecule has 0 aromatic carbocycles. The van der Waals surface area contributed by atoms with Crippen molar-refractivity contribution in [2.24, 2.45) is 10.4 Å². The zero-order chi connectivity index (χ0) is 20.5. The zero-order valence-corrected chi connectivity index (χ0v) is 18.2. The Balaban J connectivity index is 2.11. The van der Waals surface area contributed by atoms with Crippen LogP contribution in [0.1, 0.15) is 72.1 Å². The molecule has 1 unspecified atom stereocenters. The van der Waals surface area contributed by atoms with Crippen LogP contribution in [0.5, 0.6) is 0 Å². The van der Waals surface area contributed by atoms with Crippen molar-refractivity contribution in [3.8, 4) is 0 Å². The molecule has 2 N–H and O–H groups in total. The van der Waals surface area contributed by atoms with Crippen molar-refractivity contribution in [3.63, 3.8) is 0 Å². The SMILES string of the molecule is C=N/C(=C\C=C1/CCC1(C)/C=C(\C=N)CNCC)CC1(OCCC)CCCC1. The number of aliphatic imine (C=N–C) groups is 1. The maximum atomic E-state index is 7.68. The van der Waals surface area contributed by atoms with E-state index in [1.165, 1.54) is 24.6 Å². The van der Waals surface area contributed by atoms with Crippen molar-refractivity contribution in [2.45, 2.75) is 77.7 Å². The van der Waals surface area contributed by atoms with E-state index < -0.39 is 0 Å². The second kappa shape index (κ2) is 10.9. The van der Waals surface area contributed by atoms with E-state index in [1.807, 2.05) is 0 Å². The summed E-state index contributed by atoms with van der Waals surface area (Å²) < 4.78 is 6.27. The van der Waals surface area contributed by atoms with Gasteiger partial charge < -0.3 is 15.5 Å². The molecule has 156 valence electrons. The maximum absolute atomic E-state index is 7.68. The number of nitrogens with zero attached hydrogens (tertiary/aromatic N) is 1. The lowest BCUT2D eigenvalue weighted by molar-refractivity contribution is -0.0400. The van der Waals surface area contributed by atoms with Crippen LogP contribution >= 0.6 is 0 Å². The summed E-state index contributed by atoms with van der Waals surface area (Å²) in [5.41, 5.74) is 3.51. The number of ether oxygens (including phenoxy) is 1. The van der Waals surface area contributed by atoms with Crippen molar-refractivity contribution in [2.75, 3.05) is 19.7 Å². The first-order valence-electron chi connectivity index (χ1n) is 10.9. The van der Waals surface area contributed by atoms with E-state index in [0.29, 0.717) is 0 Å². The van der Waals surface area contributed by atoms with Gasteiger partial charge >= 0.3 is 0 Å². The molecular weight excluding hydrogens is 346 g/mol. The van der Waals surface area contributed by atoms with Crippen LogP contribution in [0, 0.1) is 10.8 Å². The summed E-state index contributed by atoms with van der Waals surface area (Å²) in [5, 5.41) is 11.0. The summed E-state index contributed by atoms with van der Waals surface area (Å²) in [6, 6.07) is 0. The Hall–Kier alpha value is -1.52. The van der Waals surface area contributed by atoms with Crippen LogP contribution in [-0.2, 0) is 4.74 Å². The molecule has 2 aliphatic rings. The van der Waals surface area contributed by atoms with E-state index in [-0.39, 0.29) is 11.0 Å². The van der Waals surface area contributed by atoms with Crippen molar-refractivity contribution in [1.29, 1.82) is 5.41 Å². The lowest BCUT2D eigenvalue weighted by atomic mass is 9.65. The average molecular weight is 386 g/mol. The predicted molar refractivity (Wildman–Crippen MR) is 121 cm³/mol. The van der Waals surface area contributed by atoms with E-state index in [0.717, 1.165) is 69.5 Å². The Bertz CT molecular complexity index is 626. The summed E-state index contributed by atoms with van der Waals surface area (Å²) in [4.78, 5) is 4.33. The van der Waals surface area contributed by atoms with Crippen LogP contribution in [-0.4, -0.2) is 38.2 Å². The van der Waals surface area contributed by atoms with Gasteiger partial charge in [-0.15, -0.1) is 0 Å². The first kappa shape index (κ1) is 22.8. The number of hydrogen-bond donors (Lipinski definition) is 2. The van der Waals surface area contributed by atoms with Crippen LogP contribution in [0.2, 0.25) is 0 Å². The van der Waals surface area contributed by atoms with Crippen LogP contribution in [0.15, 0.2) is 40.1 Å². The van der Waals surface area contributed by atoms with Crippen LogP contribution < -0.4 is 5.32 Å². The van der Waals surface area contributed by atoms with E-state index in [9.17, 15) is 0 Å². The molecule has 0 heterocycles. The summed E-state index contributed by atoms with van der Waals surface area (Å²) in [6.07, 6.45) is 17.0. The molecule has 2 saturated carbocycles. The fourth-order valence-electron chi connectivity index (χ4n) is 4.33. The molecule has 0 aromatic rings. The molecule has 4 nitrogen and oxygen atoms in total. The predicted octanol–water partition coefficient (Wildman–Crippen LogP) is 5.61. The number of likely N-dealkylation sites (N-methyl/N-ethyl adjacent to an activating group) is 1. The van der Waals surface area contributed by atoms with Gasteiger partial charge in [0.25, 0.3) is 0 Å². The van der Waals surface area contributed by atoms with Gasteiger partial charge in [0, 0.05) is 36.9 Å². The van der Waals surface area contributed by atoms with Gasteiger partial charge in [0.1, 0.15) is 0 Å². The third-order valence-electron chi connectivity index (χ3n) is 6.23. The van der Waals surface area contributed by atoms with E-state index in [1.54, 1.807) is 0 Å². The van der Waals surface area contributed by atoms with Crippen LogP contribution in [0.25, 0.3) is 0 Å². The molecule has 0 aromatic heterocycles. The highest BCUT2D eigenvalue weighted by molar-refractivity contribution is 5.76. The van der Waals surface area contributed by atoms with Gasteiger partial charge in [-0.25, -0.2) is 0 Å². The highest BCUT2D eigenvalue weighted by atomic mass is 16.5. The topological polar surface area (TPSA) is 57.5 Å². The zero-order valence-electron chi connectivity index (χ0n) is 18.2. The Morgan fingerprint density at radius 1 is 1.29 bits per heavy atom. The lowest BCUT2D eigenvalue weighted by Gasteiger charge is -2.40. The van der Waals surface area contributed by atoms with E-state index >= 15 is 0 Å². The monoisotopic (exact) mass is 385 g/mol. The molecule has 1 atom stereocenters. The molecule has 4 heteroatoms. The normalized spacial score (nSPS) is 26.3. The van der Waals surface area contributed by atoms with Crippen molar-refractivity contribution >= 4 is 12.9 Å². The first-order valence-corrected chi connectivity index (χ1v) is 10.9. The van der Waals surface area contributed by atoms with Crippen molar-refractivity contribution in [3.05, 3.63) is 35.1 Å². The quantitative estimate of drug-likeness (QED) is 0.429. The molecule has 0 saturated heterocycles. The molecule has 0 spiro atoms. The Labute approximate surface area is 171 Å². The van der Waals surface area contributed by atoms with Crippen molar-refractivity contribution in [1.82, 2.24) is 5.32 Å². The number of rotatable bonds is 12. The Morgan fingerprint density at radius 2 is 2.04 bits per heavy atom. The highest BCUT2D eigenvalue weighted by Gasteiger charge is 2.36. The second-order valence-corrected chi connectivity index (χ2v) is 8.48. The van der Waals surface area contributed by atoms with Gasteiger partial charge in [0.15, 0.2) is 0 Å². The smallest absolute Gasteiger partial charge is 0.0737 e. The molecule has 0 bridgehead atoms. The van der Waals surface area contributed by atoms with Gasteiger partial charge in [-0.3, -0.25) is 4.99 Å². The lowest BCUT2D eigenvalue weighted by Crippen LogP contribution is -2.30. The summed E-state index contributed by atoms with van der Waals surface area (Å²) in [5.74, 6) is 0. The van der Waals surface area contributed by atoms with Gasteiger partial charge in [0.05, 0.1) is 5.60 Å². The van der Waals surface area contributed by atoms with Gasteiger partial charge in [-0.1, -0.05) is 51.3 Å². The minimum absolute atomic E-state index is 0.0382. The number of hydrogen-bond acceptors (Lipinski definition) is 4. The Morgan fingerprint density at radius 3 is 2.57 bits per heavy atom. The molecule has 2 rings (SSSR count). The maximum Gasteiger partial charge on any atom is 0.0737 e. The molecule has 2 aliphatic carbocycles. The molecular formula is C24H39N3O. The first-order chi connectivity index (χ1) is 13.5. The Kier molecular flexibility index (Phi) is 8.84. The molecule has 2 fully saturated rings. The average Bonchev–Trinajstić information content (AvgIpc) is 3.16. The number of nitrogens with one attached hydrogen (secondary N) is 2. The van der Waals surface area contributed by atoms with E-state index in [2.05, 4.69) is 56.0 Å². The fourth-order valence-corrected chi connectivity index (χ4v) is 4.33. The largest absolute Gasteiger partial charge is 0.375 e. The third kappa shape index (κ3) is 5.99. The molecule has 0 radical (unpaired) electrons. The van der Waals surface area contributed by atoms with Gasteiger partial charge in [-0.2, -0.15) is 0 Å². The second-order valence-electron chi connectivity index (χ2n) is 8.48. The standard InChI is InChI=1S/C24H39N3O/c1-5-15-28-24(12-7-8-13-24)17-22(26-4)10-9-21-11-14-23(21,3)16-20(18-25)19-27-6-2/h9-10,16,18,25,27H,4-8,11-15,17,19H2,1-3H3/b20-16+,21-9+,22-10-,25-18?. The summed E-state index contributed by atoms with van der Waals surface area (Å²) >= 11 is 0. The van der Waals surface area contributed by atoms with Gasteiger partial charge in [0.2, 0.25) is 0 Å². The fraction of sp³-hybridized carbons (Fsp3) is 0.667. The van der Waals surface area contributed by atoms with Crippen LogP contribution in [0.3, 0.4) is 0 Å². The third-order valence-corrected chi connectivity index (χ3v) is 6.23. The number of allylic oxidation sites excluding steroid dienone is 4. The molecule has 28 heavy (non-hydrogen) atoms. The van der Waals surface area contributed by atoms with Crippen molar-refractivity contribution < 1.29 is 4.74 Å². The molecule has 0 amide bonds.